The summed E-state index contributed by atoms with van der Waals surface area (Å²) in [4.78, 5) is 7.97. The Balaban J connectivity index is 1.46. The van der Waals surface area contributed by atoms with Crippen LogP contribution < -0.4 is 15.4 Å². The first kappa shape index (κ1) is 21.5. The molecule has 0 saturated carbocycles. The zero-order valence-corrected chi connectivity index (χ0v) is 17.2. The Morgan fingerprint density at radius 2 is 2.07 bits per heavy atom. The predicted molar refractivity (Wildman–Crippen MR) is 111 cm³/mol. The van der Waals surface area contributed by atoms with Gasteiger partial charge in [0, 0.05) is 37.6 Å². The molecular weight excluding hydrogens is 398 g/mol. The minimum atomic E-state index is -0.921. The standard InChI is InChI=1S/C20H26F2N4O2S/c1-23-20(24-6-9-28-15-4-5-16(21)17(22)13-15)25-14-18(19-3-2-12-29-19)26-7-10-27-11-8-26/h2-5,12-13,18H,6-11,14H2,1H3,(H2,23,24,25). The molecule has 1 aromatic carbocycles. The molecule has 1 unspecified atom stereocenters. The third kappa shape index (κ3) is 6.38. The molecule has 1 aliphatic rings. The SMILES string of the molecule is CN=C(NCCOc1ccc(F)c(F)c1)NCC(c1cccs1)N1CCOCC1. The minimum absolute atomic E-state index is 0.246. The molecule has 2 heterocycles. The van der Waals surface area contributed by atoms with Crippen LogP contribution in [0.4, 0.5) is 8.78 Å². The van der Waals surface area contributed by atoms with Crippen molar-refractivity contribution in [3.63, 3.8) is 0 Å². The highest BCUT2D eigenvalue weighted by Gasteiger charge is 2.23. The van der Waals surface area contributed by atoms with E-state index in [-0.39, 0.29) is 6.04 Å². The summed E-state index contributed by atoms with van der Waals surface area (Å²) in [6, 6.07) is 7.95. The highest BCUT2D eigenvalue weighted by atomic mass is 32.1. The van der Waals surface area contributed by atoms with Gasteiger partial charge in [-0.1, -0.05) is 6.07 Å². The first-order valence-corrected chi connectivity index (χ1v) is 10.4. The Morgan fingerprint density at radius 1 is 1.24 bits per heavy atom. The number of ether oxygens (including phenoxy) is 2. The summed E-state index contributed by atoms with van der Waals surface area (Å²) < 4.78 is 37.1. The van der Waals surface area contributed by atoms with Crippen molar-refractivity contribution >= 4 is 17.3 Å². The summed E-state index contributed by atoms with van der Waals surface area (Å²) in [6.45, 7) is 4.77. The lowest BCUT2D eigenvalue weighted by molar-refractivity contribution is 0.0177. The smallest absolute Gasteiger partial charge is 0.191 e. The monoisotopic (exact) mass is 424 g/mol. The van der Waals surface area contributed by atoms with Crippen LogP contribution in [0.15, 0.2) is 40.7 Å². The van der Waals surface area contributed by atoms with Crippen molar-refractivity contribution in [2.75, 3.05) is 53.0 Å². The van der Waals surface area contributed by atoms with E-state index >= 15 is 0 Å². The molecule has 158 valence electrons. The third-order valence-electron chi connectivity index (χ3n) is 4.60. The molecule has 1 aromatic heterocycles. The van der Waals surface area contributed by atoms with Crippen molar-refractivity contribution in [1.82, 2.24) is 15.5 Å². The maximum atomic E-state index is 13.2. The van der Waals surface area contributed by atoms with Crippen molar-refractivity contribution < 1.29 is 18.3 Å². The molecule has 1 aliphatic heterocycles. The summed E-state index contributed by atoms with van der Waals surface area (Å²) in [6.07, 6.45) is 0. The molecule has 0 amide bonds. The van der Waals surface area contributed by atoms with Crippen molar-refractivity contribution in [2.24, 2.45) is 4.99 Å². The van der Waals surface area contributed by atoms with E-state index in [0.717, 1.165) is 38.4 Å². The first-order chi connectivity index (χ1) is 14.2. The van der Waals surface area contributed by atoms with Gasteiger partial charge in [0.2, 0.25) is 0 Å². The second-order valence-corrected chi connectivity index (χ2v) is 7.46. The number of rotatable bonds is 8. The summed E-state index contributed by atoms with van der Waals surface area (Å²) in [5, 5.41) is 8.63. The van der Waals surface area contributed by atoms with E-state index in [1.165, 1.54) is 10.9 Å². The van der Waals surface area contributed by atoms with Crippen LogP contribution in [0.1, 0.15) is 10.9 Å². The number of hydrogen-bond acceptors (Lipinski definition) is 5. The maximum absolute atomic E-state index is 13.2. The summed E-state index contributed by atoms with van der Waals surface area (Å²) in [5.74, 6) is -0.858. The quantitative estimate of drug-likeness (QED) is 0.388. The Labute approximate surface area is 173 Å². The molecule has 0 aliphatic carbocycles. The largest absolute Gasteiger partial charge is 0.492 e. The Kier molecular flexibility index (Phi) is 8.21. The summed E-state index contributed by atoms with van der Waals surface area (Å²) >= 11 is 1.75. The minimum Gasteiger partial charge on any atom is -0.492 e. The number of morpholine rings is 1. The number of thiophene rings is 1. The van der Waals surface area contributed by atoms with Gasteiger partial charge in [0.05, 0.1) is 25.8 Å². The van der Waals surface area contributed by atoms with E-state index in [9.17, 15) is 8.78 Å². The average molecular weight is 425 g/mol. The highest BCUT2D eigenvalue weighted by molar-refractivity contribution is 7.10. The zero-order valence-electron chi connectivity index (χ0n) is 16.4. The topological polar surface area (TPSA) is 58.1 Å². The Bertz CT molecular complexity index is 783. The molecule has 1 saturated heterocycles. The van der Waals surface area contributed by atoms with Gasteiger partial charge in [-0.2, -0.15) is 0 Å². The van der Waals surface area contributed by atoms with Gasteiger partial charge in [-0.25, -0.2) is 8.78 Å². The first-order valence-electron chi connectivity index (χ1n) is 9.55. The van der Waals surface area contributed by atoms with Gasteiger partial charge in [-0.05, 0) is 23.6 Å². The van der Waals surface area contributed by atoms with Gasteiger partial charge in [-0.3, -0.25) is 9.89 Å². The fourth-order valence-electron chi connectivity index (χ4n) is 3.10. The van der Waals surface area contributed by atoms with Crippen LogP contribution >= 0.6 is 11.3 Å². The lowest BCUT2D eigenvalue weighted by Gasteiger charge is -2.34. The van der Waals surface area contributed by atoms with E-state index in [4.69, 9.17) is 9.47 Å². The number of benzene rings is 1. The lowest BCUT2D eigenvalue weighted by Crippen LogP contribution is -2.46. The maximum Gasteiger partial charge on any atom is 0.191 e. The molecule has 3 rings (SSSR count). The van der Waals surface area contributed by atoms with Gasteiger partial charge in [0.15, 0.2) is 17.6 Å². The van der Waals surface area contributed by atoms with Crippen LogP contribution in [0.5, 0.6) is 5.75 Å². The number of hydrogen-bond donors (Lipinski definition) is 2. The summed E-state index contributed by atoms with van der Waals surface area (Å²) in [5.41, 5.74) is 0. The van der Waals surface area contributed by atoms with Gasteiger partial charge < -0.3 is 20.1 Å². The number of aliphatic imine (C=N–C) groups is 1. The van der Waals surface area contributed by atoms with Crippen molar-refractivity contribution in [3.8, 4) is 5.75 Å². The number of halogens is 2. The molecule has 29 heavy (non-hydrogen) atoms. The Morgan fingerprint density at radius 3 is 2.76 bits per heavy atom. The Hall–Kier alpha value is -2.23. The molecule has 0 bridgehead atoms. The predicted octanol–water partition coefficient (Wildman–Crippen LogP) is 2.64. The van der Waals surface area contributed by atoms with E-state index in [1.54, 1.807) is 18.4 Å². The van der Waals surface area contributed by atoms with E-state index < -0.39 is 11.6 Å². The third-order valence-corrected chi connectivity index (χ3v) is 5.57. The molecule has 2 aromatic rings. The fourth-order valence-corrected chi connectivity index (χ4v) is 3.96. The van der Waals surface area contributed by atoms with Crippen LogP contribution in [0.3, 0.4) is 0 Å². The molecule has 0 spiro atoms. The van der Waals surface area contributed by atoms with Crippen molar-refractivity contribution in [3.05, 3.63) is 52.2 Å². The molecular formula is C20H26F2N4O2S. The van der Waals surface area contributed by atoms with Gasteiger partial charge >= 0.3 is 0 Å². The molecule has 6 nitrogen and oxygen atoms in total. The van der Waals surface area contributed by atoms with Crippen LogP contribution in [-0.2, 0) is 4.74 Å². The molecule has 0 radical (unpaired) electrons. The molecule has 1 atom stereocenters. The zero-order chi connectivity index (χ0) is 20.5. The van der Waals surface area contributed by atoms with Crippen LogP contribution in [0.25, 0.3) is 0 Å². The lowest BCUT2D eigenvalue weighted by atomic mass is 10.2. The van der Waals surface area contributed by atoms with Crippen LogP contribution in [-0.4, -0.2) is 63.9 Å². The molecule has 1 fully saturated rings. The average Bonchev–Trinajstić information content (AvgIpc) is 3.27. The fraction of sp³-hybridized carbons (Fsp3) is 0.450. The highest BCUT2D eigenvalue weighted by Crippen LogP contribution is 2.25. The number of nitrogens with one attached hydrogen (secondary N) is 2. The van der Waals surface area contributed by atoms with Crippen molar-refractivity contribution in [1.29, 1.82) is 0 Å². The van der Waals surface area contributed by atoms with Gasteiger partial charge in [0.1, 0.15) is 12.4 Å². The van der Waals surface area contributed by atoms with E-state index in [2.05, 4.69) is 38.0 Å². The van der Waals surface area contributed by atoms with Gasteiger partial charge in [-0.15, -0.1) is 11.3 Å². The van der Waals surface area contributed by atoms with E-state index in [0.29, 0.717) is 31.4 Å². The second kappa shape index (κ2) is 11.1. The molecule has 9 heteroatoms. The normalized spacial score (nSPS) is 16.4. The van der Waals surface area contributed by atoms with E-state index in [1.807, 2.05) is 0 Å². The van der Waals surface area contributed by atoms with Gasteiger partial charge in [0.25, 0.3) is 0 Å². The number of nitrogens with zero attached hydrogens (tertiary/aromatic N) is 2. The van der Waals surface area contributed by atoms with Crippen LogP contribution in [0, 0.1) is 11.6 Å². The summed E-state index contributed by atoms with van der Waals surface area (Å²) in [7, 11) is 1.71. The van der Waals surface area contributed by atoms with Crippen molar-refractivity contribution in [2.45, 2.75) is 6.04 Å². The number of guanidine groups is 1. The van der Waals surface area contributed by atoms with Crippen LogP contribution in [0.2, 0.25) is 0 Å². The molecule has 2 N–H and O–H groups in total. The second-order valence-electron chi connectivity index (χ2n) is 6.48.